The zero-order valence-corrected chi connectivity index (χ0v) is 10.2. The summed E-state index contributed by atoms with van der Waals surface area (Å²) in [5.41, 5.74) is 6.61. The fraction of sp³-hybridized carbons (Fsp3) is 0.455. The Morgan fingerprint density at radius 3 is 2.71 bits per heavy atom. The quantitative estimate of drug-likeness (QED) is 0.901. The number of ether oxygens (including phenoxy) is 1. The van der Waals surface area contributed by atoms with E-state index in [0.29, 0.717) is 19.1 Å². The SMILES string of the molecule is CC(C)c1cc(Br)ccc1OCCN. The number of rotatable bonds is 4. The number of halogens is 1. The Labute approximate surface area is 93.6 Å². The summed E-state index contributed by atoms with van der Waals surface area (Å²) >= 11 is 3.45. The third-order valence-corrected chi connectivity index (χ3v) is 2.46. The van der Waals surface area contributed by atoms with Crippen molar-refractivity contribution in [3.8, 4) is 5.75 Å². The molecule has 2 nitrogen and oxygen atoms in total. The Bertz CT molecular complexity index is 299. The molecule has 78 valence electrons. The van der Waals surface area contributed by atoms with E-state index >= 15 is 0 Å². The van der Waals surface area contributed by atoms with Crippen LogP contribution in [-0.2, 0) is 0 Å². The van der Waals surface area contributed by atoms with Crippen molar-refractivity contribution in [2.75, 3.05) is 13.2 Å². The van der Waals surface area contributed by atoms with Gasteiger partial charge < -0.3 is 10.5 Å². The fourth-order valence-electron chi connectivity index (χ4n) is 1.27. The molecule has 0 heterocycles. The van der Waals surface area contributed by atoms with Crippen LogP contribution in [0.2, 0.25) is 0 Å². The van der Waals surface area contributed by atoms with Crippen molar-refractivity contribution >= 4 is 15.9 Å². The second-order valence-electron chi connectivity index (χ2n) is 3.47. The van der Waals surface area contributed by atoms with Crippen LogP contribution < -0.4 is 10.5 Å². The Hall–Kier alpha value is -0.540. The van der Waals surface area contributed by atoms with Gasteiger partial charge in [0.05, 0.1) is 0 Å². The lowest BCUT2D eigenvalue weighted by Crippen LogP contribution is -2.11. The Morgan fingerprint density at radius 2 is 2.14 bits per heavy atom. The van der Waals surface area contributed by atoms with Crippen molar-refractivity contribution in [2.45, 2.75) is 19.8 Å². The van der Waals surface area contributed by atoms with Gasteiger partial charge in [0.2, 0.25) is 0 Å². The van der Waals surface area contributed by atoms with Gasteiger partial charge in [-0.1, -0.05) is 29.8 Å². The molecule has 0 spiro atoms. The van der Waals surface area contributed by atoms with Crippen LogP contribution in [0, 0.1) is 0 Å². The van der Waals surface area contributed by atoms with Crippen LogP contribution in [0.4, 0.5) is 0 Å². The van der Waals surface area contributed by atoms with Crippen LogP contribution in [0.5, 0.6) is 5.75 Å². The fourth-order valence-corrected chi connectivity index (χ4v) is 1.65. The maximum absolute atomic E-state index is 5.56. The first-order valence-corrected chi connectivity index (χ1v) is 5.56. The number of benzene rings is 1. The highest BCUT2D eigenvalue weighted by Crippen LogP contribution is 2.29. The monoisotopic (exact) mass is 257 g/mol. The highest BCUT2D eigenvalue weighted by molar-refractivity contribution is 9.10. The molecule has 0 aliphatic carbocycles. The molecule has 2 N–H and O–H groups in total. The van der Waals surface area contributed by atoms with Crippen molar-refractivity contribution in [1.29, 1.82) is 0 Å². The molecule has 1 aromatic carbocycles. The minimum Gasteiger partial charge on any atom is -0.492 e. The summed E-state index contributed by atoms with van der Waals surface area (Å²) in [5, 5.41) is 0. The van der Waals surface area contributed by atoms with Gasteiger partial charge in [0.25, 0.3) is 0 Å². The van der Waals surface area contributed by atoms with Crippen molar-refractivity contribution in [3.05, 3.63) is 28.2 Å². The normalized spacial score (nSPS) is 10.6. The van der Waals surface area contributed by atoms with Gasteiger partial charge in [-0.2, -0.15) is 0 Å². The molecular formula is C11H16BrNO. The standard InChI is InChI=1S/C11H16BrNO/c1-8(2)10-7-9(12)3-4-11(10)14-6-5-13/h3-4,7-8H,5-6,13H2,1-2H3. The Morgan fingerprint density at radius 1 is 1.43 bits per heavy atom. The molecule has 0 radical (unpaired) electrons. The highest BCUT2D eigenvalue weighted by Gasteiger charge is 2.07. The van der Waals surface area contributed by atoms with Gasteiger partial charge in [-0.15, -0.1) is 0 Å². The van der Waals surface area contributed by atoms with Crippen LogP contribution >= 0.6 is 15.9 Å². The first-order chi connectivity index (χ1) is 6.65. The predicted molar refractivity (Wildman–Crippen MR) is 62.8 cm³/mol. The molecule has 1 aromatic rings. The van der Waals surface area contributed by atoms with E-state index in [-0.39, 0.29) is 0 Å². The van der Waals surface area contributed by atoms with Gasteiger partial charge in [0.15, 0.2) is 0 Å². The molecule has 0 amide bonds. The largest absolute Gasteiger partial charge is 0.492 e. The smallest absolute Gasteiger partial charge is 0.122 e. The van der Waals surface area contributed by atoms with Crippen LogP contribution in [0.1, 0.15) is 25.3 Å². The van der Waals surface area contributed by atoms with Crippen molar-refractivity contribution in [2.24, 2.45) is 5.73 Å². The zero-order chi connectivity index (χ0) is 10.6. The molecule has 0 atom stereocenters. The summed E-state index contributed by atoms with van der Waals surface area (Å²) in [7, 11) is 0. The van der Waals surface area contributed by atoms with Gasteiger partial charge in [0.1, 0.15) is 12.4 Å². The summed E-state index contributed by atoms with van der Waals surface area (Å²) in [5.74, 6) is 1.40. The molecular weight excluding hydrogens is 242 g/mol. The predicted octanol–water partition coefficient (Wildman–Crippen LogP) is 2.91. The zero-order valence-electron chi connectivity index (χ0n) is 8.59. The molecule has 3 heteroatoms. The summed E-state index contributed by atoms with van der Waals surface area (Å²) in [4.78, 5) is 0. The van der Waals surface area contributed by atoms with Gasteiger partial charge in [-0.05, 0) is 29.7 Å². The van der Waals surface area contributed by atoms with Crippen LogP contribution in [0.15, 0.2) is 22.7 Å². The van der Waals surface area contributed by atoms with Gasteiger partial charge in [-0.25, -0.2) is 0 Å². The first kappa shape index (κ1) is 11.5. The van der Waals surface area contributed by atoms with E-state index in [0.717, 1.165) is 10.2 Å². The van der Waals surface area contributed by atoms with E-state index in [9.17, 15) is 0 Å². The maximum Gasteiger partial charge on any atom is 0.122 e. The van der Waals surface area contributed by atoms with Crippen molar-refractivity contribution < 1.29 is 4.74 Å². The summed E-state index contributed by atoms with van der Waals surface area (Å²) in [6.45, 7) is 5.42. The molecule has 0 fully saturated rings. The van der Waals surface area contributed by atoms with Crippen LogP contribution in [0.3, 0.4) is 0 Å². The lowest BCUT2D eigenvalue weighted by atomic mass is 10.0. The summed E-state index contributed by atoms with van der Waals surface area (Å²) in [6, 6.07) is 6.06. The highest BCUT2D eigenvalue weighted by atomic mass is 79.9. The van der Waals surface area contributed by atoms with Crippen LogP contribution in [0.25, 0.3) is 0 Å². The summed E-state index contributed by atoms with van der Waals surface area (Å²) < 4.78 is 6.64. The molecule has 0 aromatic heterocycles. The Kier molecular flexibility index (Phi) is 4.42. The van der Waals surface area contributed by atoms with Gasteiger partial charge in [0, 0.05) is 11.0 Å². The molecule has 0 bridgehead atoms. The lowest BCUT2D eigenvalue weighted by Gasteiger charge is -2.13. The second-order valence-corrected chi connectivity index (χ2v) is 4.39. The number of nitrogens with two attached hydrogens (primary N) is 1. The van der Waals surface area contributed by atoms with Crippen LogP contribution in [-0.4, -0.2) is 13.2 Å². The molecule has 14 heavy (non-hydrogen) atoms. The number of hydrogen-bond acceptors (Lipinski definition) is 2. The molecule has 0 unspecified atom stereocenters. The van der Waals surface area contributed by atoms with E-state index in [1.807, 2.05) is 12.1 Å². The van der Waals surface area contributed by atoms with Gasteiger partial charge in [-0.3, -0.25) is 0 Å². The Balaban J connectivity index is 2.90. The van der Waals surface area contributed by atoms with E-state index in [4.69, 9.17) is 10.5 Å². The molecule has 0 saturated carbocycles. The average molecular weight is 258 g/mol. The number of hydrogen-bond donors (Lipinski definition) is 1. The average Bonchev–Trinajstić information content (AvgIpc) is 2.15. The second kappa shape index (κ2) is 5.37. The van der Waals surface area contributed by atoms with E-state index in [1.165, 1.54) is 5.56 Å². The molecule has 1 rings (SSSR count). The molecule has 0 aliphatic rings. The third kappa shape index (κ3) is 3.00. The minimum atomic E-state index is 0.459. The van der Waals surface area contributed by atoms with E-state index in [1.54, 1.807) is 0 Å². The minimum absolute atomic E-state index is 0.459. The molecule has 0 saturated heterocycles. The maximum atomic E-state index is 5.56. The molecule has 0 aliphatic heterocycles. The summed E-state index contributed by atoms with van der Waals surface area (Å²) in [6.07, 6.45) is 0. The van der Waals surface area contributed by atoms with Crippen molar-refractivity contribution in [1.82, 2.24) is 0 Å². The van der Waals surface area contributed by atoms with Crippen molar-refractivity contribution in [3.63, 3.8) is 0 Å². The topological polar surface area (TPSA) is 35.2 Å². The van der Waals surface area contributed by atoms with E-state index < -0.39 is 0 Å². The van der Waals surface area contributed by atoms with E-state index in [2.05, 4.69) is 35.8 Å². The van der Waals surface area contributed by atoms with Gasteiger partial charge >= 0.3 is 0 Å². The third-order valence-electron chi connectivity index (χ3n) is 1.97. The lowest BCUT2D eigenvalue weighted by molar-refractivity contribution is 0.323. The first-order valence-electron chi connectivity index (χ1n) is 4.77.